The van der Waals surface area contributed by atoms with Crippen molar-refractivity contribution >= 4 is 12.0 Å². The molecule has 102 valence electrons. The van der Waals surface area contributed by atoms with Crippen LogP contribution in [0.1, 0.15) is 18.5 Å². The molecule has 0 aromatic heterocycles. The lowest BCUT2D eigenvalue weighted by atomic mass is 9.99. The molecule has 5 nitrogen and oxygen atoms in total. The third-order valence-electron chi connectivity index (χ3n) is 2.95. The van der Waals surface area contributed by atoms with Gasteiger partial charge in [-0.15, -0.1) is 0 Å². The topological polar surface area (TPSA) is 66.8 Å². The Hall–Kier alpha value is -2.02. The normalized spacial score (nSPS) is 23.5. The minimum atomic E-state index is -1.45. The molecule has 1 aromatic carbocycles. The fourth-order valence-electron chi connectivity index (χ4n) is 2.07. The van der Waals surface area contributed by atoms with Gasteiger partial charge in [-0.3, -0.25) is 4.79 Å². The molecule has 1 aromatic rings. The smallest absolute Gasteiger partial charge is 0.414 e. The fraction of sp³-hybridized carbons (Fsp3) is 0.333. The highest BCUT2D eigenvalue weighted by atomic mass is 19.2. The van der Waals surface area contributed by atoms with E-state index >= 15 is 0 Å². The Kier molecular flexibility index (Phi) is 3.48. The van der Waals surface area contributed by atoms with Gasteiger partial charge >= 0.3 is 6.09 Å². The molecule has 2 atom stereocenters. The first kappa shape index (κ1) is 13.4. The number of amides is 2. The first-order chi connectivity index (χ1) is 8.91. The highest BCUT2D eigenvalue weighted by molar-refractivity contribution is 5.93. The van der Waals surface area contributed by atoms with E-state index in [1.54, 1.807) is 6.92 Å². The summed E-state index contributed by atoms with van der Waals surface area (Å²) in [6.45, 7) is 1.21. The van der Waals surface area contributed by atoms with Crippen LogP contribution in [0.5, 0.6) is 0 Å². The fourth-order valence-corrected chi connectivity index (χ4v) is 2.07. The number of hydrogen-bond donors (Lipinski definition) is 1. The average molecular weight is 271 g/mol. The molecule has 19 heavy (non-hydrogen) atoms. The number of morpholine rings is 1. The van der Waals surface area contributed by atoms with Crippen molar-refractivity contribution in [2.75, 3.05) is 6.61 Å². The highest BCUT2D eigenvalue weighted by Gasteiger charge is 2.39. The van der Waals surface area contributed by atoms with E-state index < -0.39 is 35.8 Å². The van der Waals surface area contributed by atoms with Crippen molar-refractivity contribution in [3.05, 3.63) is 35.4 Å². The Bertz CT molecular complexity index is 534. The molecule has 0 saturated carbocycles. The van der Waals surface area contributed by atoms with Crippen LogP contribution in [0.4, 0.5) is 13.6 Å². The second-order valence-electron chi connectivity index (χ2n) is 4.18. The summed E-state index contributed by atoms with van der Waals surface area (Å²) in [6.07, 6.45) is -2.09. The number of rotatable bonds is 1. The molecular weight excluding hydrogens is 260 g/mol. The van der Waals surface area contributed by atoms with Gasteiger partial charge < -0.3 is 9.84 Å². The summed E-state index contributed by atoms with van der Waals surface area (Å²) in [7, 11) is 0. The standard InChI is InChI=1S/C12H11F2NO4/c1-6-11(7-2-3-8(13)9(14)4-7)15(12(17)18)10(16)5-19-6/h2-4,6,11H,5H2,1H3,(H,17,18). The SMILES string of the molecule is CC1OCC(=O)N(C(=O)O)C1c1ccc(F)c(F)c1. The van der Waals surface area contributed by atoms with Crippen LogP contribution in [0.15, 0.2) is 18.2 Å². The number of nitrogens with zero attached hydrogens (tertiary/aromatic N) is 1. The van der Waals surface area contributed by atoms with E-state index in [2.05, 4.69) is 0 Å². The maximum atomic E-state index is 13.2. The van der Waals surface area contributed by atoms with Crippen molar-refractivity contribution < 1.29 is 28.2 Å². The Balaban J connectivity index is 2.45. The predicted octanol–water partition coefficient (Wildman–Crippen LogP) is 1.93. The molecule has 1 N–H and O–H groups in total. The molecule has 7 heteroatoms. The van der Waals surface area contributed by atoms with Crippen LogP contribution in [-0.4, -0.2) is 34.7 Å². The Morgan fingerprint density at radius 2 is 2.11 bits per heavy atom. The minimum Gasteiger partial charge on any atom is -0.465 e. The van der Waals surface area contributed by atoms with Gasteiger partial charge in [-0.25, -0.2) is 18.5 Å². The van der Waals surface area contributed by atoms with E-state index in [9.17, 15) is 18.4 Å². The number of carboxylic acid groups (broad SMARTS) is 1. The van der Waals surface area contributed by atoms with Gasteiger partial charge in [0.2, 0.25) is 0 Å². The molecule has 0 spiro atoms. The summed E-state index contributed by atoms with van der Waals surface area (Å²) in [5.74, 6) is -2.88. The van der Waals surface area contributed by atoms with E-state index in [1.807, 2.05) is 0 Å². The second kappa shape index (κ2) is 4.93. The van der Waals surface area contributed by atoms with Crippen molar-refractivity contribution in [1.82, 2.24) is 4.90 Å². The van der Waals surface area contributed by atoms with Gasteiger partial charge in [0.15, 0.2) is 11.6 Å². The number of hydrogen-bond acceptors (Lipinski definition) is 3. The van der Waals surface area contributed by atoms with Crippen molar-refractivity contribution in [3.63, 3.8) is 0 Å². The van der Waals surface area contributed by atoms with Gasteiger partial charge in [0.1, 0.15) is 6.61 Å². The summed E-state index contributed by atoms with van der Waals surface area (Å²) in [5.41, 5.74) is 0.168. The first-order valence-corrected chi connectivity index (χ1v) is 5.53. The second-order valence-corrected chi connectivity index (χ2v) is 4.18. The number of ether oxygens (including phenoxy) is 1. The molecule has 1 aliphatic heterocycles. The van der Waals surface area contributed by atoms with Crippen LogP contribution in [0, 0.1) is 11.6 Å². The van der Waals surface area contributed by atoms with Crippen LogP contribution >= 0.6 is 0 Å². The van der Waals surface area contributed by atoms with Crippen molar-refractivity contribution in [2.45, 2.75) is 19.1 Å². The third kappa shape index (κ3) is 2.41. The monoisotopic (exact) mass is 271 g/mol. The van der Waals surface area contributed by atoms with Gasteiger partial charge in [-0.2, -0.15) is 0 Å². The van der Waals surface area contributed by atoms with E-state index in [-0.39, 0.29) is 12.2 Å². The predicted molar refractivity (Wildman–Crippen MR) is 59.4 cm³/mol. The molecule has 1 fully saturated rings. The molecule has 2 unspecified atom stereocenters. The molecule has 0 aliphatic carbocycles. The lowest BCUT2D eigenvalue weighted by molar-refractivity contribution is -0.151. The Labute approximate surface area is 107 Å². The van der Waals surface area contributed by atoms with Gasteiger partial charge in [0, 0.05) is 0 Å². The van der Waals surface area contributed by atoms with E-state index in [0.717, 1.165) is 12.1 Å². The van der Waals surface area contributed by atoms with Gasteiger partial charge in [-0.05, 0) is 24.6 Å². The van der Waals surface area contributed by atoms with Crippen molar-refractivity contribution in [3.8, 4) is 0 Å². The molecule has 2 amide bonds. The summed E-state index contributed by atoms with van der Waals surface area (Å²) >= 11 is 0. The van der Waals surface area contributed by atoms with Crippen molar-refractivity contribution in [1.29, 1.82) is 0 Å². The van der Waals surface area contributed by atoms with E-state index in [1.165, 1.54) is 6.07 Å². The number of imide groups is 1. The summed E-state index contributed by atoms with van der Waals surface area (Å²) in [6, 6.07) is 2.00. The Morgan fingerprint density at radius 3 is 2.68 bits per heavy atom. The zero-order valence-electron chi connectivity index (χ0n) is 9.97. The van der Waals surface area contributed by atoms with Gasteiger partial charge in [-0.1, -0.05) is 6.07 Å². The Morgan fingerprint density at radius 1 is 1.42 bits per heavy atom. The maximum absolute atomic E-state index is 13.2. The average Bonchev–Trinajstić information content (AvgIpc) is 2.35. The van der Waals surface area contributed by atoms with E-state index in [0.29, 0.717) is 4.90 Å². The quantitative estimate of drug-likeness (QED) is 0.847. The number of benzene rings is 1. The van der Waals surface area contributed by atoms with E-state index in [4.69, 9.17) is 9.84 Å². The molecule has 1 aliphatic rings. The molecule has 1 heterocycles. The minimum absolute atomic E-state index is 0.168. The largest absolute Gasteiger partial charge is 0.465 e. The lowest BCUT2D eigenvalue weighted by Crippen LogP contribution is -2.50. The van der Waals surface area contributed by atoms with Gasteiger partial charge in [0.05, 0.1) is 12.1 Å². The summed E-state index contributed by atoms with van der Waals surface area (Å²) in [5, 5.41) is 9.06. The van der Waals surface area contributed by atoms with Crippen LogP contribution in [0.25, 0.3) is 0 Å². The molecule has 0 radical (unpaired) electrons. The zero-order valence-corrected chi connectivity index (χ0v) is 9.97. The number of carbonyl (C=O) groups excluding carboxylic acids is 1. The first-order valence-electron chi connectivity index (χ1n) is 5.53. The van der Waals surface area contributed by atoms with Crippen molar-refractivity contribution in [2.24, 2.45) is 0 Å². The number of halogens is 2. The van der Waals surface area contributed by atoms with Gasteiger partial charge in [0.25, 0.3) is 5.91 Å². The third-order valence-corrected chi connectivity index (χ3v) is 2.95. The zero-order chi connectivity index (χ0) is 14.2. The number of carbonyl (C=O) groups is 2. The molecular formula is C12H11F2NO4. The summed E-state index contributed by atoms with van der Waals surface area (Å²) in [4.78, 5) is 23.3. The highest BCUT2D eigenvalue weighted by Crippen LogP contribution is 2.30. The molecule has 2 rings (SSSR count). The van der Waals surface area contributed by atoms with Crippen LogP contribution in [0.2, 0.25) is 0 Å². The summed E-state index contributed by atoms with van der Waals surface area (Å²) < 4.78 is 31.2. The van der Waals surface area contributed by atoms with Crippen LogP contribution in [-0.2, 0) is 9.53 Å². The molecule has 0 bridgehead atoms. The van der Waals surface area contributed by atoms with Crippen LogP contribution in [0.3, 0.4) is 0 Å². The maximum Gasteiger partial charge on any atom is 0.414 e. The van der Waals surface area contributed by atoms with Crippen LogP contribution < -0.4 is 0 Å². The molecule has 1 saturated heterocycles. The lowest BCUT2D eigenvalue weighted by Gasteiger charge is -2.36.